The first-order chi connectivity index (χ1) is 12.2. The molecule has 8 heteroatoms. The van der Waals surface area contributed by atoms with Gasteiger partial charge in [-0.05, 0) is 23.8 Å². The zero-order valence-electron chi connectivity index (χ0n) is 13.1. The highest BCUT2D eigenvalue weighted by Gasteiger charge is 2.12. The number of benzene rings is 1. The number of carbonyl (C=O) groups is 2. The number of aromatic nitrogens is 2. The summed E-state index contributed by atoms with van der Waals surface area (Å²) in [6.07, 6.45) is 3.35. The van der Waals surface area contributed by atoms with Crippen LogP contribution in [-0.2, 0) is 6.54 Å². The number of carbonyl (C=O) groups excluding carboxylic acids is 2. The van der Waals surface area contributed by atoms with Gasteiger partial charge in [-0.1, -0.05) is 24.3 Å². The number of pyridine rings is 1. The molecule has 3 amide bonds. The number of rotatable bonds is 5. The molecule has 0 aliphatic carbocycles. The molecule has 3 aromatic rings. The maximum atomic E-state index is 12.1. The van der Waals surface area contributed by atoms with Gasteiger partial charge in [-0.15, -0.1) is 11.3 Å². The Hall–Kier alpha value is -3.26. The Bertz CT molecular complexity index is 852. The first-order valence-corrected chi connectivity index (χ1v) is 8.34. The minimum Gasteiger partial charge on any atom is -0.347 e. The summed E-state index contributed by atoms with van der Waals surface area (Å²) >= 11 is 1.18. The van der Waals surface area contributed by atoms with E-state index in [0.29, 0.717) is 17.4 Å². The topological polar surface area (TPSA) is 96.0 Å². The van der Waals surface area contributed by atoms with Crippen LogP contribution in [0.1, 0.15) is 16.1 Å². The first kappa shape index (κ1) is 16.6. The van der Waals surface area contributed by atoms with Crippen LogP contribution in [0.25, 0.3) is 0 Å². The number of para-hydroxylation sites is 1. The molecule has 0 bridgehead atoms. The van der Waals surface area contributed by atoms with Crippen molar-refractivity contribution in [2.75, 3.05) is 10.6 Å². The highest BCUT2D eigenvalue weighted by atomic mass is 32.1. The molecule has 126 valence electrons. The van der Waals surface area contributed by atoms with Crippen LogP contribution >= 0.6 is 11.3 Å². The molecule has 0 aliphatic rings. The number of hydrogen-bond donors (Lipinski definition) is 3. The number of nitrogens with one attached hydrogen (secondary N) is 3. The molecule has 2 heterocycles. The van der Waals surface area contributed by atoms with Crippen molar-refractivity contribution in [3.05, 3.63) is 71.5 Å². The number of nitrogens with zero attached hydrogens (tertiary/aromatic N) is 2. The lowest BCUT2D eigenvalue weighted by Crippen LogP contribution is -2.23. The van der Waals surface area contributed by atoms with E-state index in [4.69, 9.17) is 0 Å². The van der Waals surface area contributed by atoms with E-state index in [1.807, 2.05) is 24.3 Å². The number of anilines is 2. The van der Waals surface area contributed by atoms with E-state index in [1.54, 1.807) is 36.0 Å². The number of urea groups is 1. The largest absolute Gasteiger partial charge is 0.347 e. The van der Waals surface area contributed by atoms with E-state index < -0.39 is 6.03 Å². The quantitative estimate of drug-likeness (QED) is 0.657. The standard InChI is InChI=1S/C17H15N5O2S/c23-15(19-10-12-5-4-8-18-9-12)14-11-25-17(21-14)22-16(24)20-13-6-2-1-3-7-13/h1-9,11H,10H2,(H,19,23)(H2,20,21,22,24). The van der Waals surface area contributed by atoms with Crippen molar-refractivity contribution < 1.29 is 9.59 Å². The first-order valence-electron chi connectivity index (χ1n) is 7.46. The summed E-state index contributed by atoms with van der Waals surface area (Å²) in [5.74, 6) is -0.309. The fourth-order valence-corrected chi connectivity index (χ4v) is 2.68. The van der Waals surface area contributed by atoms with Crippen LogP contribution in [0.4, 0.5) is 15.6 Å². The SMILES string of the molecule is O=C(Nc1ccccc1)Nc1nc(C(=O)NCc2cccnc2)cs1. The summed E-state index contributed by atoms with van der Waals surface area (Å²) in [6.45, 7) is 0.363. The molecule has 2 aromatic heterocycles. The lowest BCUT2D eigenvalue weighted by atomic mass is 10.3. The van der Waals surface area contributed by atoms with Crippen molar-refractivity contribution in [3.63, 3.8) is 0 Å². The summed E-state index contributed by atoms with van der Waals surface area (Å²) < 4.78 is 0. The normalized spacial score (nSPS) is 10.1. The van der Waals surface area contributed by atoms with Gasteiger partial charge in [0.1, 0.15) is 5.69 Å². The molecule has 0 saturated carbocycles. The van der Waals surface area contributed by atoms with Gasteiger partial charge in [0.25, 0.3) is 5.91 Å². The average molecular weight is 353 g/mol. The fourth-order valence-electron chi connectivity index (χ4n) is 1.99. The molecule has 7 nitrogen and oxygen atoms in total. The molecule has 25 heavy (non-hydrogen) atoms. The third-order valence-electron chi connectivity index (χ3n) is 3.16. The lowest BCUT2D eigenvalue weighted by Gasteiger charge is -2.04. The van der Waals surface area contributed by atoms with Gasteiger partial charge >= 0.3 is 6.03 Å². The summed E-state index contributed by atoms with van der Waals surface area (Å²) in [7, 11) is 0. The van der Waals surface area contributed by atoms with Crippen LogP contribution in [0.5, 0.6) is 0 Å². The predicted molar refractivity (Wildman–Crippen MR) is 96.6 cm³/mol. The third-order valence-corrected chi connectivity index (χ3v) is 3.92. The monoisotopic (exact) mass is 353 g/mol. The Balaban J connectivity index is 1.53. The minimum absolute atomic E-state index is 0.254. The second kappa shape index (κ2) is 8.02. The Labute approximate surface area is 148 Å². The van der Waals surface area contributed by atoms with Crippen LogP contribution in [0.15, 0.2) is 60.2 Å². The Morgan fingerprint density at radius 2 is 1.88 bits per heavy atom. The maximum Gasteiger partial charge on any atom is 0.325 e. The van der Waals surface area contributed by atoms with E-state index in [1.165, 1.54) is 11.3 Å². The smallest absolute Gasteiger partial charge is 0.325 e. The van der Waals surface area contributed by atoms with Crippen molar-refractivity contribution in [2.24, 2.45) is 0 Å². The molecule has 0 saturated heterocycles. The van der Waals surface area contributed by atoms with Crippen LogP contribution in [0.3, 0.4) is 0 Å². The Kier molecular flexibility index (Phi) is 5.32. The molecule has 3 N–H and O–H groups in total. The van der Waals surface area contributed by atoms with E-state index >= 15 is 0 Å². The van der Waals surface area contributed by atoms with Crippen LogP contribution in [0.2, 0.25) is 0 Å². The molecule has 0 fully saturated rings. The number of hydrogen-bond acceptors (Lipinski definition) is 5. The van der Waals surface area contributed by atoms with Gasteiger partial charge in [0.05, 0.1) is 0 Å². The van der Waals surface area contributed by atoms with E-state index in [9.17, 15) is 9.59 Å². The Morgan fingerprint density at radius 3 is 2.64 bits per heavy atom. The van der Waals surface area contributed by atoms with Crippen LogP contribution < -0.4 is 16.0 Å². The average Bonchev–Trinajstić information content (AvgIpc) is 3.10. The predicted octanol–water partition coefficient (Wildman–Crippen LogP) is 3.11. The van der Waals surface area contributed by atoms with Crippen molar-refractivity contribution in [1.29, 1.82) is 0 Å². The van der Waals surface area contributed by atoms with Gasteiger partial charge in [-0.25, -0.2) is 9.78 Å². The molecule has 0 radical (unpaired) electrons. The molecule has 1 aromatic carbocycles. The highest BCUT2D eigenvalue weighted by Crippen LogP contribution is 2.16. The fraction of sp³-hybridized carbons (Fsp3) is 0.0588. The summed E-state index contributed by atoms with van der Waals surface area (Å²) in [6, 6.07) is 12.3. The highest BCUT2D eigenvalue weighted by molar-refractivity contribution is 7.14. The van der Waals surface area contributed by atoms with Crippen LogP contribution in [-0.4, -0.2) is 21.9 Å². The van der Waals surface area contributed by atoms with Crippen LogP contribution in [0, 0.1) is 0 Å². The number of amides is 3. The van der Waals surface area contributed by atoms with Gasteiger partial charge in [0.2, 0.25) is 0 Å². The summed E-state index contributed by atoms with van der Waals surface area (Å²) in [5, 5.41) is 9.99. The zero-order valence-corrected chi connectivity index (χ0v) is 13.9. The zero-order chi connectivity index (χ0) is 17.5. The third kappa shape index (κ3) is 4.85. The van der Waals surface area contributed by atoms with E-state index in [-0.39, 0.29) is 11.6 Å². The van der Waals surface area contributed by atoms with Gasteiger partial charge in [-0.2, -0.15) is 0 Å². The van der Waals surface area contributed by atoms with Crippen molar-refractivity contribution in [2.45, 2.75) is 6.54 Å². The summed E-state index contributed by atoms with van der Waals surface area (Å²) in [4.78, 5) is 32.1. The lowest BCUT2D eigenvalue weighted by molar-refractivity contribution is 0.0946. The maximum absolute atomic E-state index is 12.1. The molecule has 0 aliphatic heterocycles. The minimum atomic E-state index is -0.414. The van der Waals surface area contributed by atoms with Gasteiger partial charge < -0.3 is 10.6 Å². The van der Waals surface area contributed by atoms with Crippen molar-refractivity contribution >= 4 is 34.1 Å². The van der Waals surface area contributed by atoms with Crippen molar-refractivity contribution in [1.82, 2.24) is 15.3 Å². The second-order valence-corrected chi connectivity index (χ2v) is 5.89. The number of thiazole rings is 1. The van der Waals surface area contributed by atoms with E-state index in [2.05, 4.69) is 25.9 Å². The summed E-state index contributed by atoms with van der Waals surface area (Å²) in [5.41, 5.74) is 1.82. The molecular formula is C17H15N5O2S. The van der Waals surface area contributed by atoms with E-state index in [0.717, 1.165) is 5.56 Å². The van der Waals surface area contributed by atoms with Crippen molar-refractivity contribution in [3.8, 4) is 0 Å². The molecule has 3 rings (SSSR count). The molecule has 0 unspecified atom stereocenters. The molecule has 0 atom stereocenters. The Morgan fingerprint density at radius 1 is 1.04 bits per heavy atom. The van der Waals surface area contributed by atoms with Gasteiger partial charge in [-0.3, -0.25) is 15.1 Å². The second-order valence-electron chi connectivity index (χ2n) is 5.03. The molecular weight excluding hydrogens is 338 g/mol. The van der Waals surface area contributed by atoms with Gasteiger partial charge in [0, 0.05) is 30.0 Å². The molecule has 0 spiro atoms. The van der Waals surface area contributed by atoms with Gasteiger partial charge in [0.15, 0.2) is 5.13 Å².